The largest absolute Gasteiger partial charge is 0.495 e. The van der Waals surface area contributed by atoms with Crippen LogP contribution in [0.3, 0.4) is 0 Å². The van der Waals surface area contributed by atoms with E-state index in [1.165, 1.54) is 4.90 Å². The molecular formula is C16H24ClN2O3+. The molecule has 0 bridgehead atoms. The van der Waals surface area contributed by atoms with Crippen LogP contribution >= 0.6 is 11.6 Å². The third kappa shape index (κ3) is 4.12. The van der Waals surface area contributed by atoms with E-state index in [4.69, 9.17) is 21.1 Å². The number of carbonyl (C=O) groups excluding carboxylic acids is 1. The van der Waals surface area contributed by atoms with Gasteiger partial charge in [0.2, 0.25) is 0 Å². The highest BCUT2D eigenvalue weighted by atomic mass is 35.5. The number of benzene rings is 1. The first-order valence-electron chi connectivity index (χ1n) is 7.55. The second kappa shape index (κ2) is 7.31. The van der Waals surface area contributed by atoms with E-state index < -0.39 is 0 Å². The van der Waals surface area contributed by atoms with E-state index in [1.54, 1.807) is 25.3 Å². The van der Waals surface area contributed by atoms with Crippen molar-refractivity contribution in [3.05, 3.63) is 23.2 Å². The smallest absolute Gasteiger partial charge is 0.282 e. The summed E-state index contributed by atoms with van der Waals surface area (Å²) < 4.78 is 11.0. The van der Waals surface area contributed by atoms with Gasteiger partial charge in [-0.05, 0) is 39.0 Å². The van der Waals surface area contributed by atoms with Crippen molar-refractivity contribution < 1.29 is 19.2 Å². The van der Waals surface area contributed by atoms with Gasteiger partial charge < -0.3 is 19.7 Å². The van der Waals surface area contributed by atoms with Crippen LogP contribution in [0.5, 0.6) is 5.75 Å². The molecule has 0 saturated carbocycles. The molecule has 1 unspecified atom stereocenters. The number of hydrogen-bond acceptors (Lipinski definition) is 3. The van der Waals surface area contributed by atoms with Gasteiger partial charge in [-0.3, -0.25) is 4.79 Å². The lowest BCUT2D eigenvalue weighted by Gasteiger charge is -2.35. The number of hydrogen-bond donors (Lipinski definition) is 2. The molecule has 1 heterocycles. The standard InChI is InChI=1S/C16H23ClN2O3/c1-10-8-19(9-11(2)22-10)12(3)16(20)18-14-7-13(17)5-6-15(14)21-4/h5-7,10-12H,8-9H2,1-4H3,(H,18,20)/p+1/t10-,11+,12-/m0/s1. The Morgan fingerprint density at radius 1 is 1.41 bits per heavy atom. The fraction of sp³-hybridized carbons (Fsp3) is 0.562. The lowest BCUT2D eigenvalue weighted by Crippen LogP contribution is -3.19. The fourth-order valence-electron chi connectivity index (χ4n) is 2.87. The van der Waals surface area contributed by atoms with Crippen LogP contribution in [0.25, 0.3) is 0 Å². The van der Waals surface area contributed by atoms with Crippen molar-refractivity contribution in [1.82, 2.24) is 0 Å². The number of carbonyl (C=O) groups is 1. The van der Waals surface area contributed by atoms with Gasteiger partial charge in [0.25, 0.3) is 5.91 Å². The Hall–Kier alpha value is -1.30. The monoisotopic (exact) mass is 327 g/mol. The number of anilines is 1. The van der Waals surface area contributed by atoms with Crippen molar-refractivity contribution in [3.63, 3.8) is 0 Å². The molecule has 122 valence electrons. The van der Waals surface area contributed by atoms with Gasteiger partial charge in [0, 0.05) is 5.02 Å². The summed E-state index contributed by atoms with van der Waals surface area (Å²) in [5.74, 6) is 0.556. The van der Waals surface area contributed by atoms with Gasteiger partial charge in [-0.25, -0.2) is 0 Å². The molecule has 0 aromatic heterocycles. The van der Waals surface area contributed by atoms with E-state index in [0.717, 1.165) is 13.1 Å². The number of halogens is 1. The number of quaternary nitrogens is 1. The average Bonchev–Trinajstić information content (AvgIpc) is 2.45. The second-order valence-electron chi connectivity index (χ2n) is 5.88. The predicted octanol–water partition coefficient (Wildman–Crippen LogP) is 1.37. The van der Waals surface area contributed by atoms with Crippen molar-refractivity contribution in [2.24, 2.45) is 0 Å². The Morgan fingerprint density at radius 3 is 2.64 bits per heavy atom. The quantitative estimate of drug-likeness (QED) is 0.878. The minimum absolute atomic E-state index is 0.0446. The topological polar surface area (TPSA) is 52.0 Å². The summed E-state index contributed by atoms with van der Waals surface area (Å²) >= 11 is 6.00. The maximum atomic E-state index is 12.5. The van der Waals surface area contributed by atoms with Crippen molar-refractivity contribution in [2.45, 2.75) is 39.0 Å². The zero-order chi connectivity index (χ0) is 16.3. The average molecular weight is 328 g/mol. The summed E-state index contributed by atoms with van der Waals surface area (Å²) in [6, 6.07) is 5.01. The van der Waals surface area contributed by atoms with Crippen LogP contribution in [0.4, 0.5) is 5.69 Å². The van der Waals surface area contributed by atoms with Crippen LogP contribution in [0.2, 0.25) is 5.02 Å². The predicted molar refractivity (Wildman–Crippen MR) is 86.8 cm³/mol. The van der Waals surface area contributed by atoms with E-state index in [1.807, 2.05) is 20.8 Å². The normalized spacial score (nSPS) is 26.3. The number of ether oxygens (including phenoxy) is 2. The first-order chi connectivity index (χ1) is 10.4. The minimum atomic E-state index is -0.169. The van der Waals surface area contributed by atoms with Crippen molar-refractivity contribution in [3.8, 4) is 5.75 Å². The van der Waals surface area contributed by atoms with Gasteiger partial charge in [-0.1, -0.05) is 11.6 Å². The van der Waals surface area contributed by atoms with Gasteiger partial charge in [0.15, 0.2) is 6.04 Å². The summed E-state index contributed by atoms with van der Waals surface area (Å²) in [4.78, 5) is 13.8. The van der Waals surface area contributed by atoms with Crippen molar-refractivity contribution in [1.29, 1.82) is 0 Å². The molecular weight excluding hydrogens is 304 g/mol. The van der Waals surface area contributed by atoms with Crippen LogP contribution < -0.4 is 15.0 Å². The Balaban J connectivity index is 2.07. The van der Waals surface area contributed by atoms with E-state index in [9.17, 15) is 4.79 Å². The third-order valence-corrected chi connectivity index (χ3v) is 4.22. The van der Waals surface area contributed by atoms with Gasteiger partial charge in [0.05, 0.1) is 12.8 Å². The van der Waals surface area contributed by atoms with Crippen LogP contribution in [-0.2, 0) is 9.53 Å². The molecule has 1 aromatic carbocycles. The highest BCUT2D eigenvalue weighted by Gasteiger charge is 2.33. The molecule has 2 N–H and O–H groups in total. The van der Waals surface area contributed by atoms with Gasteiger partial charge in [0.1, 0.15) is 31.0 Å². The molecule has 0 aliphatic carbocycles. The van der Waals surface area contributed by atoms with Crippen LogP contribution in [0.1, 0.15) is 20.8 Å². The molecule has 1 amide bonds. The van der Waals surface area contributed by atoms with E-state index in [2.05, 4.69) is 5.32 Å². The summed E-state index contributed by atoms with van der Waals surface area (Å²) in [6.07, 6.45) is 0.324. The summed E-state index contributed by atoms with van der Waals surface area (Å²) in [5.41, 5.74) is 0.598. The Morgan fingerprint density at radius 2 is 2.05 bits per heavy atom. The van der Waals surface area contributed by atoms with Crippen LogP contribution in [0.15, 0.2) is 18.2 Å². The molecule has 2 rings (SSSR count). The molecule has 1 aliphatic heterocycles. The zero-order valence-corrected chi connectivity index (χ0v) is 14.2. The third-order valence-electron chi connectivity index (χ3n) is 3.99. The van der Waals surface area contributed by atoms with E-state index in [-0.39, 0.29) is 24.2 Å². The molecule has 0 spiro atoms. The molecule has 1 aromatic rings. The number of nitrogens with one attached hydrogen (secondary N) is 2. The maximum absolute atomic E-state index is 12.5. The summed E-state index contributed by atoms with van der Waals surface area (Å²) in [6.45, 7) is 7.67. The highest BCUT2D eigenvalue weighted by molar-refractivity contribution is 6.31. The van der Waals surface area contributed by atoms with E-state index >= 15 is 0 Å². The summed E-state index contributed by atoms with van der Waals surface area (Å²) in [7, 11) is 1.57. The molecule has 4 atom stereocenters. The lowest BCUT2D eigenvalue weighted by molar-refractivity contribution is -0.928. The molecule has 1 fully saturated rings. The van der Waals surface area contributed by atoms with Gasteiger partial charge >= 0.3 is 0 Å². The molecule has 22 heavy (non-hydrogen) atoms. The Kier molecular flexibility index (Phi) is 5.67. The highest BCUT2D eigenvalue weighted by Crippen LogP contribution is 2.27. The number of amides is 1. The number of morpholine rings is 1. The first-order valence-corrected chi connectivity index (χ1v) is 7.93. The number of rotatable bonds is 4. The fourth-order valence-corrected chi connectivity index (χ4v) is 3.04. The van der Waals surface area contributed by atoms with Crippen molar-refractivity contribution in [2.75, 3.05) is 25.5 Å². The Labute approximate surface area is 136 Å². The molecule has 6 heteroatoms. The van der Waals surface area contributed by atoms with Crippen LogP contribution in [-0.4, -0.2) is 44.4 Å². The first kappa shape index (κ1) is 17.1. The van der Waals surface area contributed by atoms with Crippen LogP contribution in [0, 0.1) is 0 Å². The zero-order valence-electron chi connectivity index (χ0n) is 13.5. The van der Waals surface area contributed by atoms with E-state index in [0.29, 0.717) is 16.5 Å². The maximum Gasteiger partial charge on any atom is 0.282 e. The molecule has 0 radical (unpaired) electrons. The van der Waals surface area contributed by atoms with Gasteiger partial charge in [-0.15, -0.1) is 0 Å². The van der Waals surface area contributed by atoms with Gasteiger partial charge in [-0.2, -0.15) is 0 Å². The summed E-state index contributed by atoms with van der Waals surface area (Å²) in [5, 5.41) is 3.48. The molecule has 5 nitrogen and oxygen atoms in total. The number of methoxy groups -OCH3 is 1. The molecule has 1 aliphatic rings. The SMILES string of the molecule is COc1ccc(Cl)cc1NC(=O)[C@H](C)[NH+]1C[C@@H](C)O[C@@H](C)C1. The lowest BCUT2D eigenvalue weighted by atomic mass is 10.1. The second-order valence-corrected chi connectivity index (χ2v) is 6.32. The molecule has 1 saturated heterocycles. The van der Waals surface area contributed by atoms with Crippen molar-refractivity contribution >= 4 is 23.2 Å². The minimum Gasteiger partial charge on any atom is -0.495 e. The Bertz CT molecular complexity index is 528.